The van der Waals surface area contributed by atoms with Crippen LogP contribution in [0.15, 0.2) is 11.6 Å². The van der Waals surface area contributed by atoms with Crippen LogP contribution >= 0.6 is 0 Å². The third-order valence-electron chi connectivity index (χ3n) is 7.61. The molecule has 0 aromatic carbocycles. The van der Waals surface area contributed by atoms with Gasteiger partial charge in [0.1, 0.15) is 0 Å². The number of rotatable bonds is 0. The van der Waals surface area contributed by atoms with Gasteiger partial charge in [-0.3, -0.25) is 4.79 Å². The maximum Gasteiger partial charge on any atom is 0.155 e. The third kappa shape index (κ3) is 1.91. The zero-order valence-corrected chi connectivity index (χ0v) is 13.3. The van der Waals surface area contributed by atoms with Gasteiger partial charge < -0.3 is 5.11 Å². The first-order chi connectivity index (χ1) is 10.0. The molecule has 4 rings (SSSR count). The Bertz CT molecular complexity index is 494. The second-order valence-electron chi connectivity index (χ2n) is 8.46. The number of hydrogen-bond donors (Lipinski definition) is 1. The minimum Gasteiger partial charge on any atom is -0.393 e. The van der Waals surface area contributed by atoms with E-state index in [9.17, 15) is 9.90 Å². The molecule has 21 heavy (non-hydrogen) atoms. The van der Waals surface area contributed by atoms with Crippen LogP contribution in [0.2, 0.25) is 0 Å². The molecule has 2 heteroatoms. The van der Waals surface area contributed by atoms with Gasteiger partial charge in [0, 0.05) is 6.42 Å². The molecular weight excluding hydrogens is 260 g/mol. The van der Waals surface area contributed by atoms with Crippen LogP contribution in [0.1, 0.15) is 58.8 Å². The molecule has 0 amide bonds. The van der Waals surface area contributed by atoms with Crippen molar-refractivity contribution < 1.29 is 9.90 Å². The lowest BCUT2D eigenvalue weighted by Gasteiger charge is -2.54. The highest BCUT2D eigenvalue weighted by atomic mass is 16.3. The quantitative estimate of drug-likeness (QED) is 0.737. The first-order valence-corrected chi connectivity index (χ1v) is 8.93. The van der Waals surface area contributed by atoms with Crippen LogP contribution in [0.25, 0.3) is 0 Å². The van der Waals surface area contributed by atoms with Crippen molar-refractivity contribution >= 4 is 5.78 Å². The fourth-order valence-electron chi connectivity index (χ4n) is 6.47. The van der Waals surface area contributed by atoms with Crippen molar-refractivity contribution in [1.82, 2.24) is 0 Å². The summed E-state index contributed by atoms with van der Waals surface area (Å²) in [6, 6.07) is 0. The van der Waals surface area contributed by atoms with Crippen LogP contribution in [0.3, 0.4) is 0 Å². The number of aliphatic hydroxyl groups is 1. The van der Waals surface area contributed by atoms with E-state index in [4.69, 9.17) is 0 Å². The lowest BCUT2D eigenvalue weighted by molar-refractivity contribution is -0.116. The Morgan fingerprint density at radius 1 is 1.19 bits per heavy atom. The zero-order valence-electron chi connectivity index (χ0n) is 13.3. The van der Waals surface area contributed by atoms with Gasteiger partial charge in [0.05, 0.1) is 6.10 Å². The van der Waals surface area contributed by atoms with Crippen molar-refractivity contribution in [3.05, 3.63) is 11.6 Å². The molecule has 0 bridgehead atoms. The van der Waals surface area contributed by atoms with Crippen molar-refractivity contribution in [1.29, 1.82) is 0 Å². The summed E-state index contributed by atoms with van der Waals surface area (Å²) in [7, 11) is 0. The molecule has 3 saturated carbocycles. The minimum atomic E-state index is -0.0800. The summed E-state index contributed by atoms with van der Waals surface area (Å²) in [4.78, 5) is 11.8. The van der Waals surface area contributed by atoms with Crippen molar-refractivity contribution in [3.8, 4) is 0 Å². The van der Waals surface area contributed by atoms with Gasteiger partial charge in [0.25, 0.3) is 0 Å². The molecule has 3 fully saturated rings. The SMILES string of the molecule is CC1C[C@@H]2[C@H](CC[C@]3(C)[C@@H](O)CC[C@@H]23)C2CCC(=O)C=C12. The predicted octanol–water partition coefficient (Wildman–Crippen LogP) is 3.74. The van der Waals surface area contributed by atoms with E-state index in [1.807, 2.05) is 6.08 Å². The Morgan fingerprint density at radius 2 is 2.00 bits per heavy atom. The number of allylic oxidation sites excluding steroid dienone is 1. The van der Waals surface area contributed by atoms with Crippen LogP contribution < -0.4 is 0 Å². The summed E-state index contributed by atoms with van der Waals surface area (Å²) in [5, 5.41) is 10.5. The van der Waals surface area contributed by atoms with Crippen LogP contribution in [-0.4, -0.2) is 17.0 Å². The molecule has 0 saturated heterocycles. The Kier molecular flexibility index (Phi) is 3.12. The van der Waals surface area contributed by atoms with Crippen LogP contribution in [0.5, 0.6) is 0 Å². The van der Waals surface area contributed by atoms with Gasteiger partial charge >= 0.3 is 0 Å². The van der Waals surface area contributed by atoms with Gasteiger partial charge in [-0.1, -0.05) is 19.4 Å². The van der Waals surface area contributed by atoms with E-state index in [1.165, 1.54) is 31.3 Å². The number of carbonyl (C=O) groups is 1. The maximum absolute atomic E-state index is 11.8. The number of ketones is 1. The molecule has 0 aromatic rings. The van der Waals surface area contributed by atoms with E-state index in [-0.39, 0.29) is 11.5 Å². The Morgan fingerprint density at radius 3 is 2.81 bits per heavy atom. The molecule has 2 unspecified atom stereocenters. The second kappa shape index (κ2) is 4.68. The monoisotopic (exact) mass is 288 g/mol. The van der Waals surface area contributed by atoms with E-state index in [0.29, 0.717) is 23.5 Å². The maximum atomic E-state index is 11.8. The van der Waals surface area contributed by atoms with E-state index in [0.717, 1.165) is 31.1 Å². The van der Waals surface area contributed by atoms with E-state index in [2.05, 4.69) is 13.8 Å². The van der Waals surface area contributed by atoms with Crippen molar-refractivity contribution in [3.63, 3.8) is 0 Å². The highest BCUT2D eigenvalue weighted by molar-refractivity contribution is 5.91. The van der Waals surface area contributed by atoms with Crippen LogP contribution in [0.4, 0.5) is 0 Å². The van der Waals surface area contributed by atoms with Gasteiger partial charge in [-0.2, -0.15) is 0 Å². The summed E-state index contributed by atoms with van der Waals surface area (Å²) in [6.07, 6.45) is 9.67. The topological polar surface area (TPSA) is 37.3 Å². The van der Waals surface area contributed by atoms with E-state index in [1.54, 1.807) is 0 Å². The average molecular weight is 288 g/mol. The van der Waals surface area contributed by atoms with Crippen molar-refractivity contribution in [2.24, 2.45) is 35.0 Å². The molecule has 1 N–H and O–H groups in total. The molecule has 116 valence electrons. The third-order valence-corrected chi connectivity index (χ3v) is 7.61. The molecular formula is C19H28O2. The smallest absolute Gasteiger partial charge is 0.155 e. The van der Waals surface area contributed by atoms with Crippen LogP contribution in [0, 0.1) is 35.0 Å². The van der Waals surface area contributed by atoms with E-state index < -0.39 is 0 Å². The summed E-state index contributed by atoms with van der Waals surface area (Å²) < 4.78 is 0. The highest BCUT2D eigenvalue weighted by Crippen LogP contribution is 2.62. The fourth-order valence-corrected chi connectivity index (χ4v) is 6.47. The van der Waals surface area contributed by atoms with Gasteiger partial charge in [0.2, 0.25) is 0 Å². The first kappa shape index (κ1) is 14.0. The molecule has 0 aliphatic heterocycles. The second-order valence-corrected chi connectivity index (χ2v) is 8.46. The Balaban J connectivity index is 1.67. The number of aliphatic hydroxyl groups excluding tert-OH is 1. The lowest BCUT2D eigenvalue weighted by Crippen LogP contribution is -2.49. The molecule has 0 spiro atoms. The predicted molar refractivity (Wildman–Crippen MR) is 82.6 cm³/mol. The normalized spacial score (nSPS) is 52.7. The highest BCUT2D eigenvalue weighted by Gasteiger charge is 2.56. The number of fused-ring (bicyclic) bond motifs is 5. The minimum absolute atomic E-state index is 0.0800. The van der Waals surface area contributed by atoms with Crippen molar-refractivity contribution in [2.75, 3.05) is 0 Å². The molecule has 0 radical (unpaired) electrons. The summed E-state index contributed by atoms with van der Waals surface area (Å²) in [5.41, 5.74) is 1.64. The zero-order chi connectivity index (χ0) is 14.8. The molecule has 7 atom stereocenters. The summed E-state index contributed by atoms with van der Waals surface area (Å²) in [5.74, 6) is 3.87. The van der Waals surface area contributed by atoms with Crippen molar-refractivity contribution in [2.45, 2.75) is 64.9 Å². The first-order valence-electron chi connectivity index (χ1n) is 8.93. The van der Waals surface area contributed by atoms with Crippen LogP contribution in [-0.2, 0) is 4.79 Å². The van der Waals surface area contributed by atoms with Gasteiger partial charge in [-0.25, -0.2) is 0 Å². The molecule has 4 aliphatic rings. The molecule has 4 aliphatic carbocycles. The Hall–Kier alpha value is -0.630. The molecule has 0 aromatic heterocycles. The van der Waals surface area contributed by atoms with Gasteiger partial charge in [-0.15, -0.1) is 0 Å². The number of carbonyl (C=O) groups excluding carboxylic acids is 1. The number of hydrogen-bond acceptors (Lipinski definition) is 2. The fraction of sp³-hybridized carbons (Fsp3) is 0.842. The van der Waals surface area contributed by atoms with Gasteiger partial charge in [-0.05, 0) is 79.6 Å². The average Bonchev–Trinajstić information content (AvgIpc) is 2.76. The standard InChI is InChI=1S/C19H28O2/c1-11-9-16-14(13-4-3-12(20)10-15(11)13)7-8-19(2)17(16)5-6-18(19)21/h10-11,13-14,16-18,21H,3-9H2,1-2H3/t11?,13?,14-,16-,17+,18+,19+/m1/s1. The summed E-state index contributed by atoms with van der Waals surface area (Å²) in [6.45, 7) is 4.66. The summed E-state index contributed by atoms with van der Waals surface area (Å²) >= 11 is 0. The largest absolute Gasteiger partial charge is 0.393 e. The van der Waals surface area contributed by atoms with Gasteiger partial charge in [0.15, 0.2) is 5.78 Å². The lowest BCUT2D eigenvalue weighted by atomic mass is 9.50. The Labute approximate surface area is 128 Å². The molecule has 2 nitrogen and oxygen atoms in total. The van der Waals surface area contributed by atoms with E-state index >= 15 is 0 Å². The molecule has 0 heterocycles.